The fraction of sp³-hybridized carbons (Fsp3) is 0.208. The Morgan fingerprint density at radius 1 is 0.933 bits per heavy atom. The van der Waals surface area contributed by atoms with E-state index in [1.165, 1.54) is 5.56 Å². The SMILES string of the molecule is O=C(Nc1ccccc1)c1ccnc(N2CCN(C/C=C/c3ccccc3)CC2)n1. The molecule has 1 aliphatic heterocycles. The average Bonchev–Trinajstić information content (AvgIpc) is 2.81. The van der Waals surface area contributed by atoms with Gasteiger partial charge in [-0.25, -0.2) is 9.97 Å². The van der Waals surface area contributed by atoms with E-state index < -0.39 is 0 Å². The van der Waals surface area contributed by atoms with Gasteiger partial charge < -0.3 is 10.2 Å². The van der Waals surface area contributed by atoms with E-state index in [0.717, 1.165) is 38.4 Å². The minimum Gasteiger partial charge on any atom is -0.338 e. The van der Waals surface area contributed by atoms with Crippen LogP contribution in [0.5, 0.6) is 0 Å². The van der Waals surface area contributed by atoms with Crippen molar-refractivity contribution in [1.29, 1.82) is 0 Å². The molecule has 0 radical (unpaired) electrons. The lowest BCUT2D eigenvalue weighted by atomic mass is 10.2. The summed E-state index contributed by atoms with van der Waals surface area (Å²) in [6.45, 7) is 4.46. The highest BCUT2D eigenvalue weighted by atomic mass is 16.1. The molecule has 0 saturated carbocycles. The van der Waals surface area contributed by atoms with E-state index in [4.69, 9.17) is 0 Å². The highest BCUT2D eigenvalue weighted by Gasteiger charge is 2.19. The second-order valence-electron chi connectivity index (χ2n) is 7.16. The fourth-order valence-corrected chi connectivity index (χ4v) is 3.38. The first-order valence-corrected chi connectivity index (χ1v) is 10.2. The summed E-state index contributed by atoms with van der Waals surface area (Å²) in [6.07, 6.45) is 6.01. The molecule has 1 saturated heterocycles. The number of hydrogen-bond acceptors (Lipinski definition) is 5. The van der Waals surface area contributed by atoms with E-state index in [2.05, 4.69) is 49.4 Å². The second kappa shape index (κ2) is 9.80. The number of aromatic nitrogens is 2. The number of rotatable bonds is 6. The second-order valence-corrected chi connectivity index (χ2v) is 7.16. The van der Waals surface area contributed by atoms with E-state index >= 15 is 0 Å². The Labute approximate surface area is 176 Å². The highest BCUT2D eigenvalue weighted by Crippen LogP contribution is 2.13. The van der Waals surface area contributed by atoms with Crippen LogP contribution in [0.25, 0.3) is 6.08 Å². The summed E-state index contributed by atoms with van der Waals surface area (Å²) in [5.74, 6) is 0.379. The lowest BCUT2D eigenvalue weighted by Crippen LogP contribution is -2.47. The third-order valence-corrected chi connectivity index (χ3v) is 5.04. The van der Waals surface area contributed by atoms with E-state index in [1.807, 2.05) is 48.5 Å². The van der Waals surface area contributed by atoms with Crippen molar-refractivity contribution < 1.29 is 4.79 Å². The molecule has 2 aromatic carbocycles. The molecule has 0 unspecified atom stereocenters. The van der Waals surface area contributed by atoms with Crippen molar-refractivity contribution in [3.8, 4) is 0 Å². The molecule has 6 nitrogen and oxygen atoms in total. The molecule has 1 aliphatic rings. The molecule has 1 fully saturated rings. The quantitative estimate of drug-likeness (QED) is 0.687. The largest absolute Gasteiger partial charge is 0.338 e. The van der Waals surface area contributed by atoms with E-state index in [9.17, 15) is 4.79 Å². The average molecular weight is 399 g/mol. The van der Waals surface area contributed by atoms with Gasteiger partial charge in [0, 0.05) is 44.6 Å². The molecule has 152 valence electrons. The zero-order chi connectivity index (χ0) is 20.6. The molecule has 0 aliphatic carbocycles. The summed E-state index contributed by atoms with van der Waals surface area (Å²) in [7, 11) is 0. The maximum atomic E-state index is 12.5. The van der Waals surface area contributed by atoms with Crippen LogP contribution in [0.2, 0.25) is 0 Å². The van der Waals surface area contributed by atoms with Gasteiger partial charge in [-0.15, -0.1) is 0 Å². The number of anilines is 2. The van der Waals surface area contributed by atoms with E-state index in [1.54, 1.807) is 12.3 Å². The molecule has 0 bridgehead atoms. The van der Waals surface area contributed by atoms with Gasteiger partial charge in [-0.1, -0.05) is 60.7 Å². The van der Waals surface area contributed by atoms with Crippen LogP contribution in [-0.4, -0.2) is 53.5 Å². The number of amides is 1. The summed E-state index contributed by atoms with van der Waals surface area (Å²) >= 11 is 0. The number of carbonyl (C=O) groups excluding carboxylic acids is 1. The van der Waals surface area contributed by atoms with Crippen LogP contribution in [-0.2, 0) is 0 Å². The first-order valence-electron chi connectivity index (χ1n) is 10.2. The normalized spacial score (nSPS) is 14.7. The van der Waals surface area contributed by atoms with Crippen LogP contribution in [0, 0.1) is 0 Å². The van der Waals surface area contributed by atoms with Gasteiger partial charge in [0.05, 0.1) is 0 Å². The van der Waals surface area contributed by atoms with Gasteiger partial charge in [0.2, 0.25) is 5.95 Å². The predicted octanol–water partition coefficient (Wildman–Crippen LogP) is 3.56. The molecule has 3 aromatic rings. The van der Waals surface area contributed by atoms with E-state index in [0.29, 0.717) is 11.6 Å². The Balaban J connectivity index is 1.31. The summed E-state index contributed by atoms with van der Waals surface area (Å²) in [5, 5.41) is 2.87. The lowest BCUT2D eigenvalue weighted by Gasteiger charge is -2.34. The molecule has 1 aromatic heterocycles. The van der Waals surface area contributed by atoms with Crippen molar-refractivity contribution in [3.05, 3.63) is 90.3 Å². The third kappa shape index (κ3) is 5.30. The van der Waals surface area contributed by atoms with Crippen LogP contribution in [0.4, 0.5) is 11.6 Å². The Kier molecular flexibility index (Phi) is 6.47. The molecule has 2 heterocycles. The van der Waals surface area contributed by atoms with Gasteiger partial charge in [-0.05, 0) is 23.8 Å². The van der Waals surface area contributed by atoms with Crippen LogP contribution in [0.15, 0.2) is 79.0 Å². The van der Waals surface area contributed by atoms with E-state index in [-0.39, 0.29) is 5.91 Å². The minimum absolute atomic E-state index is 0.227. The zero-order valence-electron chi connectivity index (χ0n) is 16.8. The number of carbonyl (C=O) groups is 1. The van der Waals surface area contributed by atoms with Crippen LogP contribution >= 0.6 is 0 Å². The number of benzene rings is 2. The summed E-state index contributed by atoms with van der Waals surface area (Å²) < 4.78 is 0. The molecule has 4 rings (SSSR count). The summed E-state index contributed by atoms with van der Waals surface area (Å²) in [6, 6.07) is 21.4. The number of piperazine rings is 1. The van der Waals surface area contributed by atoms with Crippen molar-refractivity contribution in [3.63, 3.8) is 0 Å². The Bertz CT molecular complexity index is 983. The topological polar surface area (TPSA) is 61.4 Å². The molecule has 0 spiro atoms. The van der Waals surface area contributed by atoms with Crippen molar-refractivity contribution in [2.75, 3.05) is 42.9 Å². The maximum Gasteiger partial charge on any atom is 0.274 e. The zero-order valence-corrected chi connectivity index (χ0v) is 16.8. The Morgan fingerprint density at radius 3 is 2.37 bits per heavy atom. The van der Waals surface area contributed by atoms with Gasteiger partial charge in [0.25, 0.3) is 5.91 Å². The molecule has 30 heavy (non-hydrogen) atoms. The molecule has 1 amide bonds. The van der Waals surface area contributed by atoms with Crippen molar-refractivity contribution >= 4 is 23.6 Å². The van der Waals surface area contributed by atoms with Gasteiger partial charge in [0.1, 0.15) is 5.69 Å². The number of nitrogens with zero attached hydrogens (tertiary/aromatic N) is 4. The molecule has 1 N–H and O–H groups in total. The monoisotopic (exact) mass is 399 g/mol. The number of nitrogens with one attached hydrogen (secondary N) is 1. The van der Waals surface area contributed by atoms with Crippen LogP contribution in [0.1, 0.15) is 16.1 Å². The fourth-order valence-electron chi connectivity index (χ4n) is 3.38. The molecular formula is C24H25N5O. The van der Waals surface area contributed by atoms with Gasteiger partial charge in [-0.3, -0.25) is 9.69 Å². The smallest absolute Gasteiger partial charge is 0.274 e. The van der Waals surface area contributed by atoms with Crippen LogP contribution in [0.3, 0.4) is 0 Å². The van der Waals surface area contributed by atoms with Crippen molar-refractivity contribution in [2.45, 2.75) is 0 Å². The van der Waals surface area contributed by atoms with Crippen LogP contribution < -0.4 is 10.2 Å². The summed E-state index contributed by atoms with van der Waals surface area (Å²) in [4.78, 5) is 25.9. The molecule has 6 heteroatoms. The summed E-state index contributed by atoms with van der Waals surface area (Å²) in [5.41, 5.74) is 2.34. The van der Waals surface area contributed by atoms with Gasteiger partial charge in [-0.2, -0.15) is 0 Å². The molecule has 0 atom stereocenters. The Hall–Kier alpha value is -3.51. The minimum atomic E-state index is -0.227. The Morgan fingerprint density at radius 2 is 1.63 bits per heavy atom. The first kappa shape index (κ1) is 19.8. The molecular weight excluding hydrogens is 374 g/mol. The third-order valence-electron chi connectivity index (χ3n) is 5.04. The van der Waals surface area contributed by atoms with Gasteiger partial charge in [0.15, 0.2) is 0 Å². The van der Waals surface area contributed by atoms with Crippen molar-refractivity contribution in [2.24, 2.45) is 0 Å². The number of hydrogen-bond donors (Lipinski definition) is 1. The highest BCUT2D eigenvalue weighted by molar-refractivity contribution is 6.02. The lowest BCUT2D eigenvalue weighted by molar-refractivity contribution is 0.102. The van der Waals surface area contributed by atoms with Gasteiger partial charge >= 0.3 is 0 Å². The first-order chi connectivity index (χ1) is 14.8. The van der Waals surface area contributed by atoms with Crippen molar-refractivity contribution in [1.82, 2.24) is 14.9 Å². The standard InChI is InChI=1S/C24H25N5O/c30-23(26-21-11-5-2-6-12-21)22-13-14-25-24(27-22)29-18-16-28(17-19-29)15-7-10-20-8-3-1-4-9-20/h1-14H,15-19H2,(H,26,30)/b10-7+. The number of para-hydroxylation sites is 1. The predicted molar refractivity (Wildman–Crippen MR) is 121 cm³/mol. The maximum absolute atomic E-state index is 12.5.